The zero-order chi connectivity index (χ0) is 32.7. The van der Waals surface area contributed by atoms with Crippen LogP contribution in [-0.4, -0.2) is 60.5 Å². The predicted molar refractivity (Wildman–Crippen MR) is 112 cm³/mol. The van der Waals surface area contributed by atoms with Gasteiger partial charge in [0.2, 0.25) is 0 Å². The van der Waals surface area contributed by atoms with E-state index in [4.69, 9.17) is 0 Å². The molecule has 2 aromatic rings. The third-order valence-electron chi connectivity index (χ3n) is 5.93. The normalized spacial score (nSPS) is 14.3. The molecule has 2 aromatic carbocycles. The van der Waals surface area contributed by atoms with Crippen LogP contribution in [0.3, 0.4) is 0 Å². The van der Waals surface area contributed by atoms with Crippen LogP contribution in [0.4, 0.5) is 70.2 Å². The summed E-state index contributed by atoms with van der Waals surface area (Å²) in [6.45, 7) is -1.37. The van der Waals surface area contributed by atoms with E-state index in [2.05, 4.69) is 4.74 Å². The molecule has 0 aliphatic rings. The molecule has 0 atom stereocenters. The lowest BCUT2D eigenvalue weighted by Crippen LogP contribution is -2.74. The Morgan fingerprint density at radius 1 is 0.619 bits per heavy atom. The Kier molecular flexibility index (Phi) is 9.27. The Bertz CT molecular complexity index is 1240. The summed E-state index contributed by atoms with van der Waals surface area (Å²) in [4.78, 5) is 12.0. The molecule has 18 heteroatoms. The Labute approximate surface area is 225 Å². The molecule has 42 heavy (non-hydrogen) atoms. The highest BCUT2D eigenvalue weighted by molar-refractivity contribution is 5.90. The lowest BCUT2D eigenvalue weighted by atomic mass is 9.89. The van der Waals surface area contributed by atoms with Crippen molar-refractivity contribution in [2.45, 2.75) is 61.2 Å². The Morgan fingerprint density at radius 2 is 1.00 bits per heavy atom. The monoisotopic (exact) mass is 640 g/mol. The molecule has 2 nitrogen and oxygen atoms in total. The van der Waals surface area contributed by atoms with E-state index in [0.717, 1.165) is 17.7 Å². The second-order valence-corrected chi connectivity index (χ2v) is 8.70. The summed E-state index contributed by atoms with van der Waals surface area (Å²) >= 11 is 0. The van der Waals surface area contributed by atoms with Crippen LogP contribution in [0.15, 0.2) is 48.5 Å². The van der Waals surface area contributed by atoms with E-state index < -0.39 is 66.0 Å². The van der Waals surface area contributed by atoms with Crippen molar-refractivity contribution in [2.24, 2.45) is 0 Å². The molecule has 0 spiro atoms. The maximum Gasteiger partial charge on any atom is 0.385 e. The third-order valence-corrected chi connectivity index (χ3v) is 5.93. The van der Waals surface area contributed by atoms with Gasteiger partial charge in [-0.1, -0.05) is 43.3 Å². The van der Waals surface area contributed by atoms with Crippen molar-refractivity contribution in [3.05, 3.63) is 59.7 Å². The number of aryl methyl sites for hydroxylation is 1. The Hall–Kier alpha value is -3.21. The molecule has 236 valence electrons. The molecule has 0 aliphatic carbocycles. The lowest BCUT2D eigenvalue weighted by Gasteiger charge is -2.42. The number of ether oxygens (including phenoxy) is 1. The standard InChI is InChI=1S/C24H16F16O2/c1-2-12-3-5-13(6-4-12)14-7-9-15(10-8-14)16(41)42-11-18(27,28)20(31,32)22(35,36)24(39,40)23(37,38)21(33,34)19(29,30)17(25)26/h3-10,17H,2,11H2,1H3. The van der Waals surface area contributed by atoms with Gasteiger partial charge in [-0.05, 0) is 35.2 Å². The molecule has 0 N–H and O–H groups in total. The Balaban J connectivity index is 2.29. The molecule has 0 amide bonds. The topological polar surface area (TPSA) is 26.3 Å². The van der Waals surface area contributed by atoms with Gasteiger partial charge in [0.1, 0.15) is 0 Å². The molecule has 0 unspecified atom stereocenters. The number of esters is 1. The fourth-order valence-corrected chi connectivity index (χ4v) is 3.23. The molecule has 0 fully saturated rings. The fourth-order valence-electron chi connectivity index (χ4n) is 3.23. The van der Waals surface area contributed by atoms with Crippen LogP contribution in [0.25, 0.3) is 11.1 Å². The molecular formula is C24H16F16O2. The van der Waals surface area contributed by atoms with E-state index in [1.807, 2.05) is 6.92 Å². The summed E-state index contributed by atoms with van der Waals surface area (Å²) in [7, 11) is 0. The number of hydrogen-bond donors (Lipinski definition) is 0. The summed E-state index contributed by atoms with van der Waals surface area (Å²) in [6.07, 6.45) is -5.22. The van der Waals surface area contributed by atoms with Gasteiger partial charge in [0.15, 0.2) is 6.61 Å². The zero-order valence-electron chi connectivity index (χ0n) is 20.5. The minimum absolute atomic E-state index is 0.420. The highest BCUT2D eigenvalue weighted by Gasteiger charge is 2.93. The van der Waals surface area contributed by atoms with Crippen LogP contribution in [-0.2, 0) is 11.2 Å². The first-order valence-electron chi connectivity index (χ1n) is 11.1. The molecule has 0 aliphatic heterocycles. The first-order chi connectivity index (χ1) is 18.8. The van der Waals surface area contributed by atoms with Gasteiger partial charge in [0, 0.05) is 0 Å². The smallest absolute Gasteiger partial charge is 0.385 e. The molecule has 0 saturated heterocycles. The molecule has 0 bridgehead atoms. The summed E-state index contributed by atoms with van der Waals surface area (Å²) in [5.74, 6) is -57.5. The lowest BCUT2D eigenvalue weighted by molar-refractivity contribution is -0.447. The predicted octanol–water partition coefficient (Wildman–Crippen LogP) is 8.79. The fraction of sp³-hybridized carbons (Fsp3) is 0.458. The highest BCUT2D eigenvalue weighted by atomic mass is 19.4. The van der Waals surface area contributed by atoms with Crippen LogP contribution in [0, 0.1) is 0 Å². The summed E-state index contributed by atoms with van der Waals surface area (Å²) < 4.78 is 218. The van der Waals surface area contributed by atoms with Crippen molar-refractivity contribution >= 4 is 5.97 Å². The number of rotatable bonds is 12. The van der Waals surface area contributed by atoms with Crippen LogP contribution in [0.2, 0.25) is 0 Å². The number of hydrogen-bond acceptors (Lipinski definition) is 2. The first-order valence-corrected chi connectivity index (χ1v) is 11.1. The van der Waals surface area contributed by atoms with Gasteiger partial charge < -0.3 is 4.74 Å². The number of carbonyl (C=O) groups is 1. The second-order valence-electron chi connectivity index (χ2n) is 8.70. The van der Waals surface area contributed by atoms with Crippen molar-refractivity contribution in [3.63, 3.8) is 0 Å². The minimum atomic E-state index is -8.51. The van der Waals surface area contributed by atoms with Crippen LogP contribution < -0.4 is 0 Å². The van der Waals surface area contributed by atoms with Gasteiger partial charge in [0.05, 0.1) is 5.56 Å². The van der Waals surface area contributed by atoms with Crippen LogP contribution in [0.5, 0.6) is 0 Å². The van der Waals surface area contributed by atoms with Gasteiger partial charge in [-0.15, -0.1) is 0 Å². The van der Waals surface area contributed by atoms with Crippen molar-refractivity contribution in [2.75, 3.05) is 6.61 Å². The number of carbonyl (C=O) groups excluding carboxylic acids is 1. The van der Waals surface area contributed by atoms with Gasteiger partial charge in [0.25, 0.3) is 0 Å². The molecule has 0 aromatic heterocycles. The molecular weight excluding hydrogens is 624 g/mol. The molecule has 0 saturated carbocycles. The SMILES string of the molecule is CCc1ccc(-c2ccc(C(=O)OCC(F)(F)C(F)(F)C(F)(F)C(F)(F)C(F)(F)C(F)(F)C(F)(F)C(F)F)cc2)cc1. The van der Waals surface area contributed by atoms with E-state index >= 15 is 0 Å². The first kappa shape index (κ1) is 35.0. The zero-order valence-corrected chi connectivity index (χ0v) is 20.5. The third kappa shape index (κ3) is 5.47. The van der Waals surface area contributed by atoms with E-state index in [0.29, 0.717) is 17.5 Å². The average molecular weight is 640 g/mol. The van der Waals surface area contributed by atoms with Crippen molar-refractivity contribution in [1.82, 2.24) is 0 Å². The minimum Gasteiger partial charge on any atom is -0.455 e. The Morgan fingerprint density at radius 3 is 1.40 bits per heavy atom. The number of alkyl halides is 16. The quantitative estimate of drug-likeness (QED) is 0.171. The van der Waals surface area contributed by atoms with Crippen molar-refractivity contribution < 1.29 is 79.8 Å². The summed E-state index contributed by atoms with van der Waals surface area (Å²) in [6, 6.07) is 10.9. The van der Waals surface area contributed by atoms with E-state index in [1.54, 1.807) is 24.3 Å². The van der Waals surface area contributed by atoms with Crippen LogP contribution in [0.1, 0.15) is 22.8 Å². The second kappa shape index (κ2) is 11.1. The van der Waals surface area contributed by atoms with E-state index in [9.17, 15) is 75.0 Å². The maximum atomic E-state index is 14.0. The average Bonchev–Trinajstić information content (AvgIpc) is 2.91. The largest absolute Gasteiger partial charge is 0.455 e. The number of benzene rings is 2. The highest BCUT2D eigenvalue weighted by Crippen LogP contribution is 2.62. The van der Waals surface area contributed by atoms with Gasteiger partial charge in [-0.2, -0.15) is 61.5 Å². The van der Waals surface area contributed by atoms with Crippen molar-refractivity contribution in [1.29, 1.82) is 0 Å². The molecule has 2 rings (SSSR count). The maximum absolute atomic E-state index is 14.0. The van der Waals surface area contributed by atoms with Gasteiger partial charge >= 0.3 is 53.9 Å². The van der Waals surface area contributed by atoms with Crippen molar-refractivity contribution in [3.8, 4) is 11.1 Å². The van der Waals surface area contributed by atoms with E-state index in [-0.39, 0.29) is 0 Å². The number of halogens is 16. The summed E-state index contributed by atoms with van der Waals surface area (Å²) in [5.41, 5.74) is 1.25. The van der Waals surface area contributed by atoms with Gasteiger partial charge in [-0.3, -0.25) is 0 Å². The van der Waals surface area contributed by atoms with Gasteiger partial charge in [-0.25, -0.2) is 13.6 Å². The van der Waals surface area contributed by atoms with E-state index in [1.165, 1.54) is 12.1 Å². The van der Waals surface area contributed by atoms with Crippen LogP contribution >= 0.6 is 0 Å². The molecule has 0 radical (unpaired) electrons. The summed E-state index contributed by atoms with van der Waals surface area (Å²) in [5, 5.41) is 0. The molecule has 0 heterocycles.